The van der Waals surface area contributed by atoms with Gasteiger partial charge in [-0.05, 0) is 38.9 Å². The summed E-state index contributed by atoms with van der Waals surface area (Å²) in [4.78, 5) is 2.45. The molecule has 4 nitrogen and oxygen atoms in total. The van der Waals surface area contributed by atoms with Gasteiger partial charge in [0.15, 0.2) is 0 Å². The van der Waals surface area contributed by atoms with Crippen LogP contribution in [0, 0.1) is 0 Å². The molecule has 2 rings (SSSR count). The van der Waals surface area contributed by atoms with Crippen LogP contribution in [-0.4, -0.2) is 40.9 Å². The van der Waals surface area contributed by atoms with Gasteiger partial charge < -0.3 is 5.32 Å². The van der Waals surface area contributed by atoms with Crippen molar-refractivity contribution in [3.63, 3.8) is 0 Å². The Morgan fingerprint density at radius 2 is 2.41 bits per heavy atom. The maximum absolute atomic E-state index is 4.50. The van der Waals surface area contributed by atoms with E-state index in [1.807, 2.05) is 11.7 Å². The summed E-state index contributed by atoms with van der Waals surface area (Å²) in [5.41, 5.74) is 2.51. The maximum Gasteiger partial charge on any atom is 0.0625 e. The molecule has 1 fully saturated rings. The Kier molecular flexibility index (Phi) is 4.18. The largest absolute Gasteiger partial charge is 0.315 e. The summed E-state index contributed by atoms with van der Waals surface area (Å²) < 4.78 is 2.02. The van der Waals surface area contributed by atoms with Crippen molar-refractivity contribution in [1.29, 1.82) is 0 Å². The van der Waals surface area contributed by atoms with Gasteiger partial charge >= 0.3 is 0 Å². The number of nitrogens with one attached hydrogen (secondary N) is 1. The number of hydrogen-bond acceptors (Lipinski definition) is 3. The van der Waals surface area contributed by atoms with Crippen molar-refractivity contribution in [2.75, 3.05) is 20.1 Å². The standard InChI is InChI=1S/C13H24N4/c1-4-11-8-13(17(3)15-11)10-16(2)12-6-5-7-14-9-12/h8,12,14H,4-7,9-10H2,1-3H3. The molecule has 17 heavy (non-hydrogen) atoms. The zero-order valence-corrected chi connectivity index (χ0v) is 11.2. The summed E-state index contributed by atoms with van der Waals surface area (Å²) in [6.07, 6.45) is 3.62. The molecule has 0 aliphatic carbocycles. The summed E-state index contributed by atoms with van der Waals surface area (Å²) in [5.74, 6) is 0. The van der Waals surface area contributed by atoms with E-state index in [9.17, 15) is 0 Å². The van der Waals surface area contributed by atoms with E-state index in [1.54, 1.807) is 0 Å². The SMILES string of the molecule is CCc1cc(CN(C)C2CCCNC2)n(C)n1. The van der Waals surface area contributed by atoms with Crippen LogP contribution >= 0.6 is 0 Å². The van der Waals surface area contributed by atoms with Crippen molar-refractivity contribution < 1.29 is 0 Å². The van der Waals surface area contributed by atoms with Crippen LogP contribution in [0.2, 0.25) is 0 Å². The van der Waals surface area contributed by atoms with Crippen molar-refractivity contribution >= 4 is 0 Å². The first-order valence-electron chi connectivity index (χ1n) is 6.63. The molecule has 96 valence electrons. The summed E-state index contributed by atoms with van der Waals surface area (Å²) >= 11 is 0. The monoisotopic (exact) mass is 236 g/mol. The van der Waals surface area contributed by atoms with Gasteiger partial charge in [0, 0.05) is 26.2 Å². The topological polar surface area (TPSA) is 33.1 Å². The third kappa shape index (κ3) is 3.07. The van der Waals surface area contributed by atoms with Crippen molar-refractivity contribution in [2.24, 2.45) is 7.05 Å². The van der Waals surface area contributed by atoms with E-state index < -0.39 is 0 Å². The predicted octanol–water partition coefficient (Wildman–Crippen LogP) is 1.17. The fraction of sp³-hybridized carbons (Fsp3) is 0.769. The average molecular weight is 236 g/mol. The highest BCUT2D eigenvalue weighted by Crippen LogP contribution is 2.13. The van der Waals surface area contributed by atoms with Crippen molar-refractivity contribution in [3.8, 4) is 0 Å². The average Bonchev–Trinajstić information content (AvgIpc) is 2.71. The predicted molar refractivity (Wildman–Crippen MR) is 69.9 cm³/mol. The highest BCUT2D eigenvalue weighted by molar-refractivity contribution is 5.10. The second-order valence-corrected chi connectivity index (χ2v) is 5.02. The highest BCUT2D eigenvalue weighted by atomic mass is 15.3. The van der Waals surface area contributed by atoms with Gasteiger partial charge in [-0.2, -0.15) is 5.10 Å². The molecule has 1 aliphatic heterocycles. The molecule has 1 aromatic rings. The Balaban J connectivity index is 1.96. The third-order valence-electron chi connectivity index (χ3n) is 3.70. The second-order valence-electron chi connectivity index (χ2n) is 5.02. The van der Waals surface area contributed by atoms with Crippen LogP contribution in [-0.2, 0) is 20.0 Å². The van der Waals surface area contributed by atoms with Gasteiger partial charge in [-0.25, -0.2) is 0 Å². The molecule has 1 aliphatic rings. The minimum absolute atomic E-state index is 0.670. The molecule has 1 atom stereocenters. The Bertz CT molecular complexity index is 352. The van der Waals surface area contributed by atoms with Gasteiger partial charge in [0.1, 0.15) is 0 Å². The Labute approximate surface area is 104 Å². The number of aryl methyl sites for hydroxylation is 2. The lowest BCUT2D eigenvalue weighted by Crippen LogP contribution is -2.43. The fourth-order valence-corrected chi connectivity index (χ4v) is 2.49. The van der Waals surface area contributed by atoms with Crippen LogP contribution < -0.4 is 5.32 Å². The van der Waals surface area contributed by atoms with Crippen LogP contribution in [0.5, 0.6) is 0 Å². The molecule has 0 amide bonds. The van der Waals surface area contributed by atoms with Gasteiger partial charge in [-0.15, -0.1) is 0 Å². The Morgan fingerprint density at radius 1 is 1.59 bits per heavy atom. The normalized spacial score (nSPS) is 21.1. The number of likely N-dealkylation sites (N-methyl/N-ethyl adjacent to an activating group) is 1. The van der Waals surface area contributed by atoms with Crippen LogP contribution in [0.4, 0.5) is 0 Å². The molecule has 4 heteroatoms. The zero-order valence-electron chi connectivity index (χ0n) is 11.2. The number of aromatic nitrogens is 2. The lowest BCUT2D eigenvalue weighted by molar-refractivity contribution is 0.192. The molecule has 1 N–H and O–H groups in total. The molecule has 0 radical (unpaired) electrons. The summed E-state index contributed by atoms with van der Waals surface area (Å²) in [6.45, 7) is 5.45. The smallest absolute Gasteiger partial charge is 0.0625 e. The van der Waals surface area contributed by atoms with Crippen LogP contribution in [0.3, 0.4) is 0 Å². The quantitative estimate of drug-likeness (QED) is 0.852. The molecular formula is C13H24N4. The minimum atomic E-state index is 0.670. The lowest BCUT2D eigenvalue weighted by Gasteiger charge is -2.31. The first-order chi connectivity index (χ1) is 8.20. The summed E-state index contributed by atoms with van der Waals surface area (Å²) in [7, 11) is 4.26. The highest BCUT2D eigenvalue weighted by Gasteiger charge is 2.18. The number of rotatable bonds is 4. The minimum Gasteiger partial charge on any atom is -0.315 e. The van der Waals surface area contributed by atoms with Crippen LogP contribution in [0.15, 0.2) is 6.07 Å². The summed E-state index contributed by atoms with van der Waals surface area (Å²) in [6, 6.07) is 2.90. The first kappa shape index (κ1) is 12.6. The van der Waals surface area contributed by atoms with E-state index >= 15 is 0 Å². The molecule has 0 bridgehead atoms. The van der Waals surface area contributed by atoms with E-state index in [0.717, 1.165) is 19.5 Å². The second kappa shape index (κ2) is 5.65. The van der Waals surface area contributed by atoms with Crippen molar-refractivity contribution in [2.45, 2.75) is 38.8 Å². The van der Waals surface area contributed by atoms with Gasteiger partial charge in [-0.1, -0.05) is 6.92 Å². The van der Waals surface area contributed by atoms with E-state index in [1.165, 1.54) is 30.8 Å². The Morgan fingerprint density at radius 3 is 3.00 bits per heavy atom. The number of piperidine rings is 1. The van der Waals surface area contributed by atoms with Crippen molar-refractivity contribution in [3.05, 3.63) is 17.5 Å². The molecule has 1 unspecified atom stereocenters. The van der Waals surface area contributed by atoms with E-state index in [-0.39, 0.29) is 0 Å². The molecule has 0 saturated carbocycles. The number of hydrogen-bond donors (Lipinski definition) is 1. The molecule has 1 aromatic heterocycles. The van der Waals surface area contributed by atoms with Gasteiger partial charge in [0.05, 0.1) is 11.4 Å². The summed E-state index contributed by atoms with van der Waals surface area (Å²) in [5, 5.41) is 7.97. The fourth-order valence-electron chi connectivity index (χ4n) is 2.49. The molecule has 0 aromatic carbocycles. The number of nitrogens with zero attached hydrogens (tertiary/aromatic N) is 3. The molecule has 0 spiro atoms. The van der Waals surface area contributed by atoms with Crippen LogP contribution in [0.1, 0.15) is 31.2 Å². The van der Waals surface area contributed by atoms with E-state index in [2.05, 4.69) is 35.4 Å². The maximum atomic E-state index is 4.50. The molecule has 1 saturated heterocycles. The lowest BCUT2D eigenvalue weighted by atomic mass is 10.1. The van der Waals surface area contributed by atoms with E-state index in [0.29, 0.717) is 6.04 Å². The third-order valence-corrected chi connectivity index (χ3v) is 3.70. The molecular weight excluding hydrogens is 212 g/mol. The Hall–Kier alpha value is -0.870. The van der Waals surface area contributed by atoms with Gasteiger partial charge in [0.2, 0.25) is 0 Å². The van der Waals surface area contributed by atoms with E-state index in [4.69, 9.17) is 0 Å². The van der Waals surface area contributed by atoms with Gasteiger partial charge in [0.25, 0.3) is 0 Å². The van der Waals surface area contributed by atoms with Gasteiger partial charge in [-0.3, -0.25) is 9.58 Å². The van der Waals surface area contributed by atoms with Crippen LogP contribution in [0.25, 0.3) is 0 Å². The zero-order chi connectivity index (χ0) is 12.3. The first-order valence-corrected chi connectivity index (χ1v) is 6.63. The molecule has 2 heterocycles. The van der Waals surface area contributed by atoms with Crippen molar-refractivity contribution in [1.82, 2.24) is 20.0 Å².